The first-order chi connectivity index (χ1) is 9.99. The van der Waals surface area contributed by atoms with Crippen LogP contribution in [0.4, 0.5) is 0 Å². The number of rotatable bonds is 0. The van der Waals surface area contributed by atoms with Crippen molar-refractivity contribution in [2.24, 2.45) is 7.05 Å². The molecule has 2 heterocycles. The van der Waals surface area contributed by atoms with Gasteiger partial charge in [-0.25, -0.2) is 0 Å². The van der Waals surface area contributed by atoms with Crippen LogP contribution in [-0.2, 0) is 24.1 Å². The Morgan fingerprint density at radius 1 is 1.41 bits per heavy atom. The smallest absolute Gasteiger partial charge is 0.357 e. The van der Waals surface area contributed by atoms with Gasteiger partial charge in [0.1, 0.15) is 0 Å². The van der Waals surface area contributed by atoms with Crippen molar-refractivity contribution in [3.05, 3.63) is 68.3 Å². The Bertz CT molecular complexity index is 817. The van der Waals surface area contributed by atoms with Gasteiger partial charge in [-0.2, -0.15) is 29.4 Å². The maximum Gasteiger partial charge on any atom is 2.00 e. The van der Waals surface area contributed by atoms with Crippen molar-refractivity contribution in [1.82, 2.24) is 14.8 Å². The summed E-state index contributed by atoms with van der Waals surface area (Å²) in [7, 11) is 1.61. The van der Waals surface area contributed by atoms with Gasteiger partial charge < -0.3 is 9.78 Å². The average Bonchev–Trinajstić information content (AvgIpc) is 2.47. The van der Waals surface area contributed by atoms with Crippen LogP contribution in [0.2, 0.25) is 5.02 Å². The van der Waals surface area contributed by atoms with Gasteiger partial charge in [0.2, 0.25) is 0 Å². The average molecular weight is 420 g/mol. The fraction of sp³-hybridized carbons (Fsp3) is 0.133. The third kappa shape index (κ3) is 4.65. The van der Waals surface area contributed by atoms with Crippen molar-refractivity contribution in [2.45, 2.75) is 6.92 Å². The van der Waals surface area contributed by atoms with Crippen LogP contribution in [0, 0.1) is 19.2 Å². The molecule has 0 atom stereocenters. The standard InChI is InChI=1S/C9H8N3O.C6H3BrCl.Mn/c1-6-3-7-4-11-12(2)9(13)8(7)5-10-6;7-5-3-1-2-4-6(5)8;/h3-4H,1-2H3;1-3H;/q2*-1;+2. The molecule has 0 unspecified atom stereocenters. The van der Waals surface area contributed by atoms with Gasteiger partial charge in [0, 0.05) is 13.2 Å². The summed E-state index contributed by atoms with van der Waals surface area (Å²) in [6.07, 6.45) is 4.35. The molecule has 1 aromatic carbocycles. The number of hydrogen-bond donors (Lipinski definition) is 0. The van der Waals surface area contributed by atoms with Gasteiger partial charge in [-0.3, -0.25) is 4.68 Å². The van der Waals surface area contributed by atoms with Crippen molar-refractivity contribution >= 4 is 38.3 Å². The molecule has 2 aromatic heterocycles. The Labute approximate surface area is 152 Å². The quantitative estimate of drug-likeness (QED) is 0.415. The van der Waals surface area contributed by atoms with Gasteiger partial charge in [-0.1, -0.05) is 27.2 Å². The van der Waals surface area contributed by atoms with Crippen molar-refractivity contribution in [3.63, 3.8) is 0 Å². The number of fused-ring (bicyclic) bond motifs is 1. The van der Waals surface area contributed by atoms with Crippen LogP contribution in [0.5, 0.6) is 0 Å². The second-order valence-electron chi connectivity index (χ2n) is 4.25. The van der Waals surface area contributed by atoms with Gasteiger partial charge in [0.05, 0.1) is 0 Å². The SMILES string of the molecule is Cc1cc2cnn(C)c(=O)c2[c-]n1.Clc1[c-]cccc1Br.[Mn+2]. The number of aromatic nitrogens is 3. The first kappa shape index (κ1) is 18.8. The largest absolute Gasteiger partial charge is 2.00 e. The molecule has 0 saturated carbocycles. The summed E-state index contributed by atoms with van der Waals surface area (Å²) in [6.45, 7) is 1.85. The van der Waals surface area contributed by atoms with Crippen LogP contribution in [0.25, 0.3) is 10.8 Å². The van der Waals surface area contributed by atoms with Gasteiger partial charge in [-0.05, 0) is 11.9 Å². The molecular formula is C15H11BrClMnN3O. The van der Waals surface area contributed by atoms with Crippen molar-refractivity contribution < 1.29 is 17.1 Å². The van der Waals surface area contributed by atoms with Gasteiger partial charge in [0.25, 0.3) is 0 Å². The van der Waals surface area contributed by atoms with Crippen LogP contribution in [0.15, 0.2) is 39.7 Å². The van der Waals surface area contributed by atoms with E-state index in [1.807, 2.05) is 25.1 Å². The monoisotopic (exact) mass is 418 g/mol. The van der Waals surface area contributed by atoms with Crippen molar-refractivity contribution in [1.29, 1.82) is 0 Å². The minimum atomic E-state index is -0.162. The van der Waals surface area contributed by atoms with Crippen molar-refractivity contribution in [2.75, 3.05) is 0 Å². The van der Waals surface area contributed by atoms with E-state index >= 15 is 0 Å². The molecule has 0 aliphatic rings. The second-order valence-corrected chi connectivity index (χ2v) is 5.48. The van der Waals surface area contributed by atoms with Gasteiger partial charge in [-0.15, -0.1) is 33.6 Å². The Kier molecular flexibility index (Phi) is 7.23. The maximum atomic E-state index is 11.5. The van der Waals surface area contributed by atoms with E-state index in [1.165, 1.54) is 4.68 Å². The number of benzene rings is 1. The molecule has 0 aliphatic carbocycles. The zero-order chi connectivity index (χ0) is 15.4. The van der Waals surface area contributed by atoms with Crippen LogP contribution < -0.4 is 5.56 Å². The third-order valence-electron chi connectivity index (χ3n) is 2.63. The molecule has 22 heavy (non-hydrogen) atoms. The van der Waals surface area contributed by atoms with E-state index in [4.69, 9.17) is 11.6 Å². The minimum Gasteiger partial charge on any atom is -0.357 e. The summed E-state index contributed by atoms with van der Waals surface area (Å²) in [5, 5.41) is 5.81. The first-order valence-electron chi connectivity index (χ1n) is 6.02. The predicted molar refractivity (Wildman–Crippen MR) is 86.3 cm³/mol. The Morgan fingerprint density at radius 2 is 2.14 bits per heavy atom. The van der Waals surface area contributed by atoms with E-state index in [9.17, 15) is 4.79 Å². The Balaban J connectivity index is 0.000000234. The molecule has 0 spiro atoms. The number of halogens is 2. The molecule has 0 fully saturated rings. The molecular weight excluding hydrogens is 408 g/mol. The van der Waals surface area contributed by atoms with Crippen LogP contribution in [0.3, 0.4) is 0 Å². The summed E-state index contributed by atoms with van der Waals surface area (Å²) < 4.78 is 2.16. The molecule has 3 rings (SSSR count). The molecule has 0 bridgehead atoms. The molecule has 7 heteroatoms. The second kappa shape index (κ2) is 8.44. The summed E-state index contributed by atoms with van der Waals surface area (Å²) in [4.78, 5) is 15.4. The van der Waals surface area contributed by atoms with E-state index in [2.05, 4.69) is 38.3 Å². The number of pyridine rings is 1. The number of hydrogen-bond acceptors (Lipinski definition) is 3. The van der Waals surface area contributed by atoms with Crippen LogP contribution in [-0.4, -0.2) is 14.8 Å². The van der Waals surface area contributed by atoms with E-state index in [0.717, 1.165) is 15.6 Å². The summed E-state index contributed by atoms with van der Waals surface area (Å²) in [5.41, 5.74) is 0.674. The fourth-order valence-corrected chi connectivity index (χ4v) is 1.96. The molecule has 113 valence electrons. The third-order valence-corrected chi connectivity index (χ3v) is 3.84. The van der Waals surface area contributed by atoms with E-state index in [1.54, 1.807) is 19.3 Å². The van der Waals surface area contributed by atoms with Gasteiger partial charge in [0.15, 0.2) is 5.56 Å². The van der Waals surface area contributed by atoms with Crippen LogP contribution >= 0.6 is 27.5 Å². The zero-order valence-corrected chi connectivity index (χ0v) is 15.3. The zero-order valence-electron chi connectivity index (χ0n) is 11.8. The topological polar surface area (TPSA) is 47.8 Å². The van der Waals surface area contributed by atoms with E-state index < -0.39 is 0 Å². The Morgan fingerprint density at radius 3 is 2.73 bits per heavy atom. The fourth-order valence-electron chi connectivity index (χ4n) is 1.57. The molecule has 0 saturated heterocycles. The normalized spacial score (nSPS) is 9.64. The Hall–Kier alpha value is -1.20. The predicted octanol–water partition coefficient (Wildman–Crippen LogP) is 3.34. The molecule has 4 nitrogen and oxygen atoms in total. The molecule has 0 amide bonds. The summed E-state index contributed by atoms with van der Waals surface area (Å²) in [5.74, 6) is 0. The maximum absolute atomic E-state index is 11.5. The van der Waals surface area contributed by atoms with E-state index in [-0.39, 0.29) is 22.6 Å². The molecule has 0 aliphatic heterocycles. The van der Waals surface area contributed by atoms with Crippen molar-refractivity contribution in [3.8, 4) is 0 Å². The number of aryl methyl sites for hydroxylation is 2. The first-order valence-corrected chi connectivity index (χ1v) is 7.19. The van der Waals surface area contributed by atoms with Crippen LogP contribution in [0.1, 0.15) is 5.69 Å². The molecule has 1 radical (unpaired) electrons. The molecule has 3 aromatic rings. The van der Waals surface area contributed by atoms with Gasteiger partial charge >= 0.3 is 17.1 Å². The minimum absolute atomic E-state index is 0. The summed E-state index contributed by atoms with van der Waals surface area (Å²) in [6, 6.07) is 10.2. The number of nitrogens with zero attached hydrogens (tertiary/aromatic N) is 3. The van der Waals surface area contributed by atoms with E-state index in [0.29, 0.717) is 10.4 Å². The summed E-state index contributed by atoms with van der Waals surface area (Å²) >= 11 is 8.84. The molecule has 0 N–H and O–H groups in total.